The van der Waals surface area contributed by atoms with Gasteiger partial charge < -0.3 is 10.6 Å². The molecule has 0 aromatic carbocycles. The number of pyridine rings is 1. The fourth-order valence-electron chi connectivity index (χ4n) is 1.69. The molecule has 1 amide bonds. The van der Waals surface area contributed by atoms with Gasteiger partial charge in [-0.25, -0.2) is 0 Å². The molecule has 0 aliphatic carbocycles. The molecule has 0 radical (unpaired) electrons. The van der Waals surface area contributed by atoms with Gasteiger partial charge in [0.1, 0.15) is 0 Å². The summed E-state index contributed by atoms with van der Waals surface area (Å²) in [7, 11) is 1.78. The maximum Gasteiger partial charge on any atom is 0.256 e. The standard InChI is InChI=1S/C13H15N3OS/c1-9(12-4-3-7-18-12)16(2)13(17)10-5-6-15-8-11(10)14/h3-9H,14H2,1-2H3. The van der Waals surface area contributed by atoms with E-state index in [1.54, 1.807) is 35.5 Å². The average Bonchev–Trinajstić information content (AvgIpc) is 2.90. The van der Waals surface area contributed by atoms with Crippen LogP contribution in [0, 0.1) is 0 Å². The summed E-state index contributed by atoms with van der Waals surface area (Å²) in [5, 5.41) is 2.00. The van der Waals surface area contributed by atoms with Gasteiger partial charge >= 0.3 is 0 Å². The predicted molar refractivity (Wildman–Crippen MR) is 73.5 cm³/mol. The van der Waals surface area contributed by atoms with Gasteiger partial charge in [0.2, 0.25) is 0 Å². The summed E-state index contributed by atoms with van der Waals surface area (Å²) in [6.07, 6.45) is 3.07. The van der Waals surface area contributed by atoms with Crippen LogP contribution in [0.25, 0.3) is 0 Å². The van der Waals surface area contributed by atoms with E-state index < -0.39 is 0 Å². The Balaban J connectivity index is 2.22. The molecule has 94 valence electrons. The maximum absolute atomic E-state index is 12.3. The Morgan fingerprint density at radius 3 is 2.89 bits per heavy atom. The van der Waals surface area contributed by atoms with Gasteiger partial charge in [-0.2, -0.15) is 0 Å². The zero-order valence-corrected chi connectivity index (χ0v) is 11.1. The molecule has 0 saturated heterocycles. The minimum Gasteiger partial charge on any atom is -0.397 e. The molecule has 2 heterocycles. The van der Waals surface area contributed by atoms with Crippen LogP contribution >= 0.6 is 11.3 Å². The van der Waals surface area contributed by atoms with Gasteiger partial charge in [0.25, 0.3) is 5.91 Å². The highest BCUT2D eigenvalue weighted by Gasteiger charge is 2.20. The SMILES string of the molecule is CC(c1cccs1)N(C)C(=O)c1ccncc1N. The van der Waals surface area contributed by atoms with Crippen molar-refractivity contribution in [2.75, 3.05) is 12.8 Å². The number of carbonyl (C=O) groups is 1. The summed E-state index contributed by atoms with van der Waals surface area (Å²) >= 11 is 1.64. The van der Waals surface area contributed by atoms with E-state index in [-0.39, 0.29) is 11.9 Å². The molecule has 1 atom stereocenters. The smallest absolute Gasteiger partial charge is 0.256 e. The van der Waals surface area contributed by atoms with Crippen LogP contribution in [-0.4, -0.2) is 22.8 Å². The number of hydrogen-bond donors (Lipinski definition) is 1. The summed E-state index contributed by atoms with van der Waals surface area (Å²) in [5.41, 5.74) is 6.68. The maximum atomic E-state index is 12.3. The van der Waals surface area contributed by atoms with Gasteiger partial charge in [0, 0.05) is 18.1 Å². The lowest BCUT2D eigenvalue weighted by atomic mass is 10.1. The second kappa shape index (κ2) is 5.18. The van der Waals surface area contributed by atoms with Gasteiger partial charge in [-0.05, 0) is 24.4 Å². The normalized spacial score (nSPS) is 12.1. The fraction of sp³-hybridized carbons (Fsp3) is 0.231. The lowest BCUT2D eigenvalue weighted by molar-refractivity contribution is 0.0746. The molecule has 1 unspecified atom stereocenters. The van der Waals surface area contributed by atoms with Crippen molar-refractivity contribution in [3.63, 3.8) is 0 Å². The molecule has 2 rings (SSSR count). The molecule has 0 aliphatic rings. The first-order chi connectivity index (χ1) is 8.61. The zero-order valence-electron chi connectivity index (χ0n) is 10.3. The second-order valence-electron chi connectivity index (χ2n) is 4.07. The number of anilines is 1. The number of thiophene rings is 1. The highest BCUT2D eigenvalue weighted by Crippen LogP contribution is 2.25. The number of hydrogen-bond acceptors (Lipinski definition) is 4. The minimum atomic E-state index is -0.0872. The average molecular weight is 261 g/mol. The molecule has 2 aromatic heterocycles. The number of carbonyl (C=O) groups excluding carboxylic acids is 1. The van der Waals surface area contributed by atoms with Crippen LogP contribution in [-0.2, 0) is 0 Å². The molecule has 0 saturated carbocycles. The third-order valence-corrected chi connectivity index (χ3v) is 3.98. The summed E-state index contributed by atoms with van der Waals surface area (Å²) in [6.45, 7) is 2.00. The molecule has 0 aliphatic heterocycles. The van der Waals surface area contributed by atoms with Gasteiger partial charge in [0.15, 0.2) is 0 Å². The second-order valence-corrected chi connectivity index (χ2v) is 5.05. The van der Waals surface area contributed by atoms with E-state index in [0.29, 0.717) is 11.3 Å². The van der Waals surface area contributed by atoms with Crippen molar-refractivity contribution in [3.05, 3.63) is 46.4 Å². The molecule has 5 heteroatoms. The van der Waals surface area contributed by atoms with Crippen molar-refractivity contribution in [2.45, 2.75) is 13.0 Å². The van der Waals surface area contributed by atoms with Crippen LogP contribution in [0.1, 0.15) is 28.2 Å². The van der Waals surface area contributed by atoms with E-state index in [0.717, 1.165) is 4.88 Å². The Kier molecular flexibility index (Phi) is 3.62. The number of nitrogens with two attached hydrogens (primary N) is 1. The predicted octanol–water partition coefficient (Wildman–Crippen LogP) is 2.56. The summed E-state index contributed by atoms with van der Waals surface area (Å²) < 4.78 is 0. The Morgan fingerprint density at radius 2 is 2.28 bits per heavy atom. The Labute approximate surface area is 110 Å². The van der Waals surface area contributed by atoms with E-state index >= 15 is 0 Å². The molecule has 2 N–H and O–H groups in total. The number of amides is 1. The number of rotatable bonds is 3. The highest BCUT2D eigenvalue weighted by molar-refractivity contribution is 7.10. The van der Waals surface area contributed by atoms with Crippen molar-refractivity contribution in [1.82, 2.24) is 9.88 Å². The fourth-order valence-corrected chi connectivity index (χ4v) is 2.51. The monoisotopic (exact) mass is 261 g/mol. The molecular formula is C13H15N3OS. The van der Waals surface area contributed by atoms with E-state index in [2.05, 4.69) is 4.98 Å². The van der Waals surface area contributed by atoms with Crippen molar-refractivity contribution in [1.29, 1.82) is 0 Å². The lowest BCUT2D eigenvalue weighted by Crippen LogP contribution is -2.29. The van der Waals surface area contributed by atoms with Gasteiger partial charge in [0.05, 0.1) is 23.5 Å². The Morgan fingerprint density at radius 1 is 1.50 bits per heavy atom. The first kappa shape index (κ1) is 12.6. The minimum absolute atomic E-state index is 0.0325. The van der Waals surface area contributed by atoms with Crippen LogP contribution in [0.2, 0.25) is 0 Å². The Bertz CT molecular complexity index is 539. The van der Waals surface area contributed by atoms with Crippen molar-refractivity contribution in [3.8, 4) is 0 Å². The van der Waals surface area contributed by atoms with Crippen LogP contribution in [0.5, 0.6) is 0 Å². The number of nitrogens with zero attached hydrogens (tertiary/aromatic N) is 2. The molecule has 0 fully saturated rings. The van der Waals surface area contributed by atoms with E-state index in [4.69, 9.17) is 5.73 Å². The first-order valence-corrected chi connectivity index (χ1v) is 6.49. The summed E-state index contributed by atoms with van der Waals surface area (Å²) in [5.74, 6) is -0.0872. The third kappa shape index (κ3) is 2.36. The van der Waals surface area contributed by atoms with E-state index in [9.17, 15) is 4.79 Å². The summed E-state index contributed by atoms with van der Waals surface area (Å²) in [4.78, 5) is 19.1. The molecular weight excluding hydrogens is 246 g/mol. The first-order valence-electron chi connectivity index (χ1n) is 5.61. The van der Waals surface area contributed by atoms with Crippen molar-refractivity contribution in [2.24, 2.45) is 0 Å². The molecule has 0 bridgehead atoms. The topological polar surface area (TPSA) is 59.2 Å². The van der Waals surface area contributed by atoms with Gasteiger partial charge in [-0.1, -0.05) is 6.07 Å². The Hall–Kier alpha value is -1.88. The van der Waals surface area contributed by atoms with Gasteiger partial charge in [-0.3, -0.25) is 9.78 Å². The number of nitrogen functional groups attached to an aromatic ring is 1. The molecule has 2 aromatic rings. The number of aromatic nitrogens is 1. The van der Waals surface area contributed by atoms with Crippen molar-refractivity contribution >= 4 is 22.9 Å². The third-order valence-electron chi connectivity index (χ3n) is 2.94. The van der Waals surface area contributed by atoms with Crippen molar-refractivity contribution < 1.29 is 4.79 Å². The van der Waals surface area contributed by atoms with Crippen LogP contribution in [0.15, 0.2) is 36.0 Å². The summed E-state index contributed by atoms with van der Waals surface area (Å²) in [6, 6.07) is 5.69. The molecule has 4 nitrogen and oxygen atoms in total. The quantitative estimate of drug-likeness (QED) is 0.923. The zero-order chi connectivity index (χ0) is 13.1. The molecule has 18 heavy (non-hydrogen) atoms. The van der Waals surface area contributed by atoms with E-state index in [1.165, 1.54) is 6.20 Å². The van der Waals surface area contributed by atoms with E-state index in [1.807, 2.05) is 24.4 Å². The van der Waals surface area contributed by atoms with Crippen LogP contribution in [0.3, 0.4) is 0 Å². The van der Waals surface area contributed by atoms with Gasteiger partial charge in [-0.15, -0.1) is 11.3 Å². The largest absolute Gasteiger partial charge is 0.397 e. The van der Waals surface area contributed by atoms with Crippen LogP contribution < -0.4 is 5.73 Å². The lowest BCUT2D eigenvalue weighted by Gasteiger charge is -2.24. The highest BCUT2D eigenvalue weighted by atomic mass is 32.1. The van der Waals surface area contributed by atoms with Crippen LogP contribution in [0.4, 0.5) is 5.69 Å². The molecule has 0 spiro atoms.